The lowest BCUT2D eigenvalue weighted by Gasteiger charge is -2.40. The van der Waals surface area contributed by atoms with Gasteiger partial charge in [0.1, 0.15) is 5.54 Å². The first kappa shape index (κ1) is 17.4. The summed E-state index contributed by atoms with van der Waals surface area (Å²) in [4.78, 5) is 15.6. The molecule has 1 aromatic rings. The monoisotopic (exact) mass is 335 g/mol. The van der Waals surface area contributed by atoms with Crippen LogP contribution in [-0.4, -0.2) is 72.1 Å². The molecule has 7 heteroatoms. The maximum absolute atomic E-state index is 13.2. The summed E-state index contributed by atoms with van der Waals surface area (Å²) in [6.45, 7) is 9.34. The third-order valence-electron chi connectivity index (χ3n) is 5.50. The number of piperidine rings is 1. The second-order valence-corrected chi connectivity index (χ2v) is 6.88. The molecule has 0 radical (unpaired) electrons. The minimum absolute atomic E-state index is 0.0814. The molecule has 1 aromatic heterocycles. The predicted octanol–water partition coefficient (Wildman–Crippen LogP) is 0.187. The van der Waals surface area contributed by atoms with Gasteiger partial charge in [-0.3, -0.25) is 14.4 Å². The number of hydrogen-bond acceptors (Lipinski definition) is 5. The zero-order valence-electron chi connectivity index (χ0n) is 14.7. The molecule has 0 spiro atoms. The van der Waals surface area contributed by atoms with E-state index in [1.54, 1.807) is 6.20 Å². The van der Waals surface area contributed by atoms with Gasteiger partial charge in [-0.1, -0.05) is 0 Å². The van der Waals surface area contributed by atoms with Crippen molar-refractivity contribution < 1.29 is 9.53 Å². The molecule has 0 aromatic carbocycles. The highest BCUT2D eigenvalue weighted by Crippen LogP contribution is 2.27. The van der Waals surface area contributed by atoms with E-state index in [-0.39, 0.29) is 18.0 Å². The number of morpholine rings is 1. The molecule has 3 heterocycles. The summed E-state index contributed by atoms with van der Waals surface area (Å²) < 4.78 is 7.27. The van der Waals surface area contributed by atoms with Gasteiger partial charge in [0.25, 0.3) is 0 Å². The van der Waals surface area contributed by atoms with E-state index in [1.165, 1.54) is 0 Å². The fourth-order valence-electron chi connectivity index (χ4n) is 3.69. The number of hydrogen-bond donors (Lipinski definition) is 2. The van der Waals surface area contributed by atoms with Crippen molar-refractivity contribution in [2.45, 2.75) is 44.3 Å². The number of ether oxygens (including phenoxy) is 1. The molecule has 3 rings (SSSR count). The largest absolute Gasteiger partial charge is 0.379 e. The number of rotatable bonds is 5. The van der Waals surface area contributed by atoms with E-state index >= 15 is 0 Å². The van der Waals surface area contributed by atoms with Crippen molar-refractivity contribution in [1.29, 1.82) is 0 Å². The Balaban J connectivity index is 1.69. The van der Waals surface area contributed by atoms with Gasteiger partial charge in [-0.25, -0.2) is 0 Å². The Morgan fingerprint density at radius 1 is 1.29 bits per heavy atom. The molecular weight excluding hydrogens is 306 g/mol. The molecule has 7 nitrogen and oxygen atoms in total. The summed E-state index contributed by atoms with van der Waals surface area (Å²) in [5.74, 6) is 0.0836. The molecule has 1 amide bonds. The first-order valence-corrected chi connectivity index (χ1v) is 8.97. The van der Waals surface area contributed by atoms with E-state index in [9.17, 15) is 4.79 Å². The van der Waals surface area contributed by atoms with Crippen LogP contribution in [0.3, 0.4) is 0 Å². The summed E-state index contributed by atoms with van der Waals surface area (Å²) >= 11 is 0. The number of carbonyl (C=O) groups excluding carboxylic acids is 1. The fourth-order valence-corrected chi connectivity index (χ4v) is 3.69. The van der Waals surface area contributed by atoms with Gasteiger partial charge in [-0.15, -0.1) is 0 Å². The Morgan fingerprint density at radius 3 is 2.62 bits per heavy atom. The normalized spacial score (nSPS) is 24.2. The van der Waals surface area contributed by atoms with Crippen molar-refractivity contribution in [1.82, 2.24) is 25.3 Å². The summed E-state index contributed by atoms with van der Waals surface area (Å²) in [6.07, 6.45) is 5.18. The van der Waals surface area contributed by atoms with Crippen LogP contribution < -0.4 is 10.6 Å². The number of nitrogens with zero attached hydrogens (tertiary/aromatic N) is 3. The number of aromatic nitrogens is 2. The smallest absolute Gasteiger partial charge is 0.248 e. The van der Waals surface area contributed by atoms with Crippen LogP contribution in [0.2, 0.25) is 0 Å². The van der Waals surface area contributed by atoms with Crippen molar-refractivity contribution in [3.63, 3.8) is 0 Å². The van der Waals surface area contributed by atoms with Crippen LogP contribution >= 0.6 is 0 Å². The summed E-state index contributed by atoms with van der Waals surface area (Å²) in [5.41, 5.74) is -0.576. The van der Waals surface area contributed by atoms with E-state index in [0.717, 1.165) is 52.2 Å². The highest BCUT2D eigenvalue weighted by Gasteiger charge is 2.42. The zero-order chi connectivity index (χ0) is 17.0. The molecule has 2 N–H and O–H groups in total. The quantitative estimate of drug-likeness (QED) is 0.804. The second-order valence-electron chi connectivity index (χ2n) is 6.88. The first-order chi connectivity index (χ1) is 11.6. The highest BCUT2D eigenvalue weighted by atomic mass is 16.5. The molecule has 134 valence electrons. The maximum Gasteiger partial charge on any atom is 0.248 e. The lowest BCUT2D eigenvalue weighted by atomic mass is 9.87. The molecule has 0 saturated carbocycles. The van der Waals surface area contributed by atoms with Gasteiger partial charge in [0.05, 0.1) is 13.2 Å². The second kappa shape index (κ2) is 7.63. The molecule has 24 heavy (non-hydrogen) atoms. The van der Waals surface area contributed by atoms with Gasteiger partial charge in [-0.05, 0) is 45.8 Å². The Kier molecular flexibility index (Phi) is 5.53. The molecule has 2 saturated heterocycles. The molecule has 0 aliphatic carbocycles. The average Bonchev–Trinajstić information content (AvgIpc) is 3.17. The predicted molar refractivity (Wildman–Crippen MR) is 91.8 cm³/mol. The summed E-state index contributed by atoms with van der Waals surface area (Å²) in [5, 5.41) is 11.0. The van der Waals surface area contributed by atoms with Gasteiger partial charge in [-0.2, -0.15) is 5.10 Å². The molecular formula is C17H29N5O2. The number of amides is 1. The van der Waals surface area contributed by atoms with Crippen LogP contribution in [0.25, 0.3) is 0 Å². The minimum atomic E-state index is -0.576. The van der Waals surface area contributed by atoms with E-state index in [0.29, 0.717) is 0 Å². The summed E-state index contributed by atoms with van der Waals surface area (Å²) in [7, 11) is 0. The lowest BCUT2D eigenvalue weighted by molar-refractivity contribution is -0.133. The van der Waals surface area contributed by atoms with Gasteiger partial charge >= 0.3 is 0 Å². The van der Waals surface area contributed by atoms with Crippen LogP contribution in [0.1, 0.15) is 26.7 Å². The van der Waals surface area contributed by atoms with Crippen LogP contribution in [0, 0.1) is 0 Å². The molecule has 0 bridgehead atoms. The van der Waals surface area contributed by atoms with Crippen molar-refractivity contribution in [2.75, 3.05) is 39.4 Å². The maximum atomic E-state index is 13.2. The Hall–Kier alpha value is -1.44. The van der Waals surface area contributed by atoms with E-state index in [2.05, 4.69) is 34.5 Å². The van der Waals surface area contributed by atoms with Gasteiger partial charge in [0, 0.05) is 37.6 Å². The highest BCUT2D eigenvalue weighted by molar-refractivity contribution is 5.84. The molecule has 2 fully saturated rings. The molecule has 2 atom stereocenters. The molecule has 2 unspecified atom stereocenters. The standard InChI is InChI=1S/C17H29N5O2/c1-14(15(2)21-10-12-24-13-11-21)20-16(23)17(4-7-18-8-5-17)22-9-3-6-19-22/h3,6,9,14-15,18H,4-5,7-8,10-13H2,1-2H3,(H,20,23). The van der Waals surface area contributed by atoms with E-state index in [4.69, 9.17) is 4.74 Å². The summed E-state index contributed by atoms with van der Waals surface area (Å²) in [6, 6.07) is 2.25. The number of carbonyl (C=O) groups is 1. The Bertz CT molecular complexity index is 521. The molecule has 2 aliphatic rings. The SMILES string of the molecule is CC(NC(=O)C1(n2cccn2)CCNCC1)C(C)N1CCOCC1. The van der Waals surface area contributed by atoms with Crippen molar-refractivity contribution in [3.05, 3.63) is 18.5 Å². The minimum Gasteiger partial charge on any atom is -0.379 e. The van der Waals surface area contributed by atoms with Crippen LogP contribution in [0.5, 0.6) is 0 Å². The van der Waals surface area contributed by atoms with Crippen molar-refractivity contribution >= 4 is 5.91 Å². The van der Waals surface area contributed by atoms with Gasteiger partial charge < -0.3 is 15.4 Å². The Labute approximate surface area is 143 Å². The topological polar surface area (TPSA) is 71.4 Å². The van der Waals surface area contributed by atoms with Gasteiger partial charge in [0.2, 0.25) is 5.91 Å². The molecule has 2 aliphatic heterocycles. The van der Waals surface area contributed by atoms with Gasteiger partial charge in [0.15, 0.2) is 0 Å². The Morgan fingerprint density at radius 2 is 2.00 bits per heavy atom. The van der Waals surface area contributed by atoms with Crippen molar-refractivity contribution in [2.24, 2.45) is 0 Å². The lowest BCUT2D eigenvalue weighted by Crippen LogP contribution is -2.59. The van der Waals surface area contributed by atoms with Crippen LogP contribution in [0.15, 0.2) is 18.5 Å². The van der Waals surface area contributed by atoms with E-state index in [1.807, 2.05) is 16.9 Å². The first-order valence-electron chi connectivity index (χ1n) is 8.97. The average molecular weight is 335 g/mol. The third kappa shape index (κ3) is 3.48. The van der Waals surface area contributed by atoms with E-state index < -0.39 is 5.54 Å². The van der Waals surface area contributed by atoms with Crippen LogP contribution in [-0.2, 0) is 15.1 Å². The third-order valence-corrected chi connectivity index (χ3v) is 5.50. The van der Waals surface area contributed by atoms with Crippen molar-refractivity contribution in [3.8, 4) is 0 Å². The zero-order valence-corrected chi connectivity index (χ0v) is 14.7. The number of nitrogens with one attached hydrogen (secondary N) is 2. The van der Waals surface area contributed by atoms with Crippen LogP contribution in [0.4, 0.5) is 0 Å². The fraction of sp³-hybridized carbons (Fsp3) is 0.765.